The number of methoxy groups -OCH3 is 1. The van der Waals surface area contributed by atoms with Crippen molar-refractivity contribution in [3.05, 3.63) is 83.4 Å². The van der Waals surface area contributed by atoms with Gasteiger partial charge in [0.05, 0.1) is 7.11 Å². The Balaban J connectivity index is 1.71. The van der Waals surface area contributed by atoms with Crippen LogP contribution in [0.3, 0.4) is 0 Å². The number of ether oxygens (including phenoxy) is 2. The SMILES string of the molecule is COC(=O)/C=C/c1ccc(C=CCNC(=O)OCc2ccccc2)cc1. The summed E-state index contributed by atoms with van der Waals surface area (Å²) in [6.45, 7) is 0.620. The Bertz CT molecular complexity index is 764. The number of benzene rings is 2. The first-order chi connectivity index (χ1) is 12.7. The lowest BCUT2D eigenvalue weighted by atomic mass is 10.1. The second-order valence-electron chi connectivity index (χ2n) is 5.37. The molecule has 1 amide bonds. The minimum absolute atomic E-state index is 0.247. The van der Waals surface area contributed by atoms with Crippen LogP contribution >= 0.6 is 0 Å². The molecule has 0 saturated carbocycles. The fourth-order valence-corrected chi connectivity index (χ4v) is 2.06. The summed E-state index contributed by atoms with van der Waals surface area (Å²) in [6.07, 6.45) is 6.33. The van der Waals surface area contributed by atoms with E-state index in [9.17, 15) is 9.59 Å². The van der Waals surface area contributed by atoms with Gasteiger partial charge in [-0.1, -0.05) is 66.7 Å². The number of esters is 1. The molecule has 0 heterocycles. The number of amides is 1. The monoisotopic (exact) mass is 351 g/mol. The van der Waals surface area contributed by atoms with Crippen molar-refractivity contribution < 1.29 is 19.1 Å². The van der Waals surface area contributed by atoms with Crippen molar-refractivity contribution in [3.8, 4) is 0 Å². The van der Waals surface area contributed by atoms with Crippen LogP contribution in [0.25, 0.3) is 12.2 Å². The normalized spacial score (nSPS) is 10.8. The van der Waals surface area contributed by atoms with Crippen LogP contribution in [-0.4, -0.2) is 25.7 Å². The number of alkyl carbamates (subject to hydrolysis) is 1. The van der Waals surface area contributed by atoms with Crippen LogP contribution in [0, 0.1) is 0 Å². The number of rotatable bonds is 7. The summed E-state index contributed by atoms with van der Waals surface area (Å²) in [6, 6.07) is 17.1. The maximum atomic E-state index is 11.6. The van der Waals surface area contributed by atoms with Gasteiger partial charge in [-0.25, -0.2) is 9.59 Å². The zero-order valence-electron chi connectivity index (χ0n) is 14.6. The minimum atomic E-state index is -0.457. The van der Waals surface area contributed by atoms with Gasteiger partial charge in [-0.05, 0) is 22.8 Å². The van der Waals surface area contributed by atoms with Gasteiger partial charge in [0.25, 0.3) is 0 Å². The van der Waals surface area contributed by atoms with Crippen molar-refractivity contribution in [2.75, 3.05) is 13.7 Å². The molecule has 0 bridgehead atoms. The molecule has 0 aliphatic heterocycles. The van der Waals surface area contributed by atoms with Crippen molar-refractivity contribution in [2.45, 2.75) is 6.61 Å². The molecule has 134 valence electrons. The summed E-state index contributed by atoms with van der Waals surface area (Å²) in [5, 5.41) is 2.66. The van der Waals surface area contributed by atoms with E-state index in [4.69, 9.17) is 4.74 Å². The summed E-state index contributed by atoms with van der Waals surface area (Å²) < 4.78 is 9.66. The van der Waals surface area contributed by atoms with Gasteiger partial charge in [-0.2, -0.15) is 0 Å². The smallest absolute Gasteiger partial charge is 0.407 e. The molecular weight excluding hydrogens is 330 g/mol. The maximum absolute atomic E-state index is 11.6. The van der Waals surface area contributed by atoms with Gasteiger partial charge < -0.3 is 14.8 Å². The van der Waals surface area contributed by atoms with Gasteiger partial charge in [0, 0.05) is 12.6 Å². The molecule has 0 saturated heterocycles. The van der Waals surface area contributed by atoms with Crippen molar-refractivity contribution >= 4 is 24.2 Å². The van der Waals surface area contributed by atoms with Crippen molar-refractivity contribution in [3.63, 3.8) is 0 Å². The van der Waals surface area contributed by atoms with E-state index >= 15 is 0 Å². The zero-order valence-corrected chi connectivity index (χ0v) is 14.6. The predicted molar refractivity (Wildman–Crippen MR) is 101 cm³/mol. The first-order valence-electron chi connectivity index (χ1n) is 8.14. The molecule has 5 nitrogen and oxygen atoms in total. The number of nitrogens with one attached hydrogen (secondary N) is 1. The summed E-state index contributed by atoms with van der Waals surface area (Å²) in [5.41, 5.74) is 2.83. The van der Waals surface area contributed by atoms with E-state index < -0.39 is 6.09 Å². The lowest BCUT2D eigenvalue weighted by molar-refractivity contribution is -0.134. The van der Waals surface area contributed by atoms with Crippen molar-refractivity contribution in [1.82, 2.24) is 5.32 Å². The molecule has 0 aliphatic rings. The molecular formula is C21H21NO4. The third kappa shape index (κ3) is 7.05. The third-order valence-electron chi connectivity index (χ3n) is 3.44. The molecule has 2 aromatic carbocycles. The fourth-order valence-electron chi connectivity index (χ4n) is 2.06. The van der Waals surface area contributed by atoms with Gasteiger partial charge in [-0.3, -0.25) is 0 Å². The van der Waals surface area contributed by atoms with Crippen LogP contribution in [-0.2, 0) is 20.9 Å². The minimum Gasteiger partial charge on any atom is -0.466 e. The van der Waals surface area contributed by atoms with Crippen LogP contribution in [0.2, 0.25) is 0 Å². The molecule has 5 heteroatoms. The van der Waals surface area contributed by atoms with Crippen molar-refractivity contribution in [2.24, 2.45) is 0 Å². The Kier molecular flexibility index (Phi) is 7.68. The summed E-state index contributed by atoms with van der Waals surface area (Å²) in [4.78, 5) is 22.7. The highest BCUT2D eigenvalue weighted by Gasteiger charge is 2.00. The van der Waals surface area contributed by atoms with E-state index in [1.807, 2.05) is 66.7 Å². The Morgan fingerprint density at radius 2 is 1.62 bits per heavy atom. The first-order valence-corrected chi connectivity index (χ1v) is 8.14. The number of carbonyl (C=O) groups excluding carboxylic acids is 2. The van der Waals surface area contributed by atoms with Gasteiger partial charge in [0.15, 0.2) is 0 Å². The van der Waals surface area contributed by atoms with Gasteiger partial charge in [-0.15, -0.1) is 0 Å². The molecule has 26 heavy (non-hydrogen) atoms. The maximum Gasteiger partial charge on any atom is 0.407 e. The van der Waals surface area contributed by atoms with Crippen LogP contribution < -0.4 is 5.32 Å². The standard InChI is InChI=1S/C21H21NO4/c1-25-20(23)14-13-18-11-9-17(10-12-18)8-5-15-22-21(24)26-16-19-6-3-2-4-7-19/h2-14H,15-16H2,1H3,(H,22,24)/b8-5?,14-13+. The Hall–Kier alpha value is -3.34. The number of carbonyl (C=O) groups is 2. The van der Waals surface area contributed by atoms with E-state index in [1.165, 1.54) is 13.2 Å². The summed E-state index contributed by atoms with van der Waals surface area (Å²) in [5.74, 6) is -0.390. The van der Waals surface area contributed by atoms with Gasteiger partial charge in [0.2, 0.25) is 0 Å². The third-order valence-corrected chi connectivity index (χ3v) is 3.44. The highest BCUT2D eigenvalue weighted by atomic mass is 16.5. The Labute approximate surface area is 152 Å². The quantitative estimate of drug-likeness (QED) is 0.608. The molecule has 0 radical (unpaired) electrons. The van der Waals surface area contributed by atoms with E-state index in [2.05, 4.69) is 10.1 Å². The second-order valence-corrected chi connectivity index (χ2v) is 5.37. The molecule has 2 rings (SSSR count). The highest BCUT2D eigenvalue weighted by molar-refractivity contribution is 5.86. The molecule has 0 aromatic heterocycles. The Morgan fingerprint density at radius 1 is 0.962 bits per heavy atom. The lowest BCUT2D eigenvalue weighted by Crippen LogP contribution is -2.24. The average Bonchev–Trinajstić information content (AvgIpc) is 2.69. The summed E-state index contributed by atoms with van der Waals surface area (Å²) in [7, 11) is 1.34. The van der Waals surface area contributed by atoms with E-state index in [-0.39, 0.29) is 12.6 Å². The second kappa shape index (κ2) is 10.5. The molecule has 0 atom stereocenters. The van der Waals surface area contributed by atoms with Crippen LogP contribution in [0.15, 0.2) is 66.7 Å². The molecule has 0 unspecified atom stereocenters. The van der Waals surface area contributed by atoms with E-state index in [0.717, 1.165) is 16.7 Å². The largest absolute Gasteiger partial charge is 0.466 e. The van der Waals surface area contributed by atoms with Crippen LogP contribution in [0.4, 0.5) is 4.79 Å². The average molecular weight is 351 g/mol. The zero-order chi connectivity index (χ0) is 18.6. The number of hydrogen-bond acceptors (Lipinski definition) is 4. The predicted octanol–water partition coefficient (Wildman–Crippen LogP) is 3.81. The first kappa shape index (κ1) is 19.0. The molecule has 0 aliphatic carbocycles. The van der Waals surface area contributed by atoms with Crippen LogP contribution in [0.5, 0.6) is 0 Å². The van der Waals surface area contributed by atoms with Crippen molar-refractivity contribution in [1.29, 1.82) is 0 Å². The topological polar surface area (TPSA) is 64.6 Å². The number of hydrogen-bond donors (Lipinski definition) is 1. The molecule has 1 N–H and O–H groups in total. The van der Waals surface area contributed by atoms with E-state index in [1.54, 1.807) is 6.08 Å². The highest BCUT2D eigenvalue weighted by Crippen LogP contribution is 2.08. The van der Waals surface area contributed by atoms with E-state index in [0.29, 0.717) is 6.54 Å². The molecule has 0 fully saturated rings. The Morgan fingerprint density at radius 3 is 2.27 bits per heavy atom. The van der Waals surface area contributed by atoms with Gasteiger partial charge >= 0.3 is 12.1 Å². The summed E-state index contributed by atoms with van der Waals surface area (Å²) >= 11 is 0. The fraction of sp³-hybridized carbons (Fsp3) is 0.143. The lowest BCUT2D eigenvalue weighted by Gasteiger charge is -2.05. The van der Waals surface area contributed by atoms with Crippen LogP contribution in [0.1, 0.15) is 16.7 Å². The molecule has 2 aromatic rings. The van der Waals surface area contributed by atoms with Gasteiger partial charge in [0.1, 0.15) is 6.61 Å². The molecule has 0 spiro atoms.